The molecule has 1 N–H and O–H groups in total. The van der Waals surface area contributed by atoms with Crippen LogP contribution in [-0.4, -0.2) is 13.1 Å². The van der Waals surface area contributed by atoms with E-state index in [-0.39, 0.29) is 11.2 Å². The Bertz CT molecular complexity index is 385. The predicted octanol–water partition coefficient (Wildman–Crippen LogP) is 4.44. The highest BCUT2D eigenvalue weighted by Crippen LogP contribution is 2.24. The number of benzene rings is 1. The smallest absolute Gasteiger partial charge is 0.124 e. The summed E-state index contributed by atoms with van der Waals surface area (Å²) in [6.45, 7) is 6.71. The van der Waals surface area contributed by atoms with Crippen molar-refractivity contribution in [3.05, 3.63) is 34.6 Å². The molecule has 0 aliphatic heterocycles. The third-order valence-electron chi connectivity index (χ3n) is 3.35. The first kappa shape index (κ1) is 15.5. The van der Waals surface area contributed by atoms with Gasteiger partial charge in [-0.1, -0.05) is 38.4 Å². The Morgan fingerprint density at radius 2 is 2.00 bits per heavy atom. The molecule has 0 heterocycles. The molecule has 0 aromatic heterocycles. The van der Waals surface area contributed by atoms with Crippen LogP contribution in [0.5, 0.6) is 0 Å². The SMILES string of the molecule is CNC(CCCc1ccc(F)cc1Cl)C(C)(C)C. The van der Waals surface area contributed by atoms with Crippen LogP contribution in [0.3, 0.4) is 0 Å². The summed E-state index contributed by atoms with van der Waals surface area (Å²) in [6, 6.07) is 5.12. The molecular formula is C15H23ClFN. The largest absolute Gasteiger partial charge is 0.316 e. The van der Waals surface area contributed by atoms with Gasteiger partial charge in [0.25, 0.3) is 0 Å². The number of rotatable bonds is 5. The van der Waals surface area contributed by atoms with E-state index in [4.69, 9.17) is 11.6 Å². The molecule has 0 spiro atoms. The first-order valence-electron chi connectivity index (χ1n) is 6.46. The van der Waals surface area contributed by atoms with Gasteiger partial charge < -0.3 is 5.32 Å². The maximum absolute atomic E-state index is 12.9. The van der Waals surface area contributed by atoms with Gasteiger partial charge in [-0.25, -0.2) is 4.39 Å². The van der Waals surface area contributed by atoms with E-state index >= 15 is 0 Å². The lowest BCUT2D eigenvalue weighted by atomic mass is 9.83. The van der Waals surface area contributed by atoms with Crippen LogP contribution in [-0.2, 0) is 6.42 Å². The molecule has 1 nitrogen and oxygen atoms in total. The summed E-state index contributed by atoms with van der Waals surface area (Å²) in [7, 11) is 2.00. The van der Waals surface area contributed by atoms with Gasteiger partial charge in [-0.2, -0.15) is 0 Å². The summed E-state index contributed by atoms with van der Waals surface area (Å²) in [4.78, 5) is 0. The number of hydrogen-bond donors (Lipinski definition) is 1. The van der Waals surface area contributed by atoms with Gasteiger partial charge >= 0.3 is 0 Å². The van der Waals surface area contributed by atoms with Crippen LogP contribution in [0, 0.1) is 11.2 Å². The average Bonchev–Trinajstić information content (AvgIpc) is 2.25. The lowest BCUT2D eigenvalue weighted by molar-refractivity contribution is 0.263. The van der Waals surface area contributed by atoms with Gasteiger partial charge in [-0.05, 0) is 49.4 Å². The predicted molar refractivity (Wildman–Crippen MR) is 76.7 cm³/mol. The summed E-state index contributed by atoms with van der Waals surface area (Å²) in [5, 5.41) is 3.89. The Morgan fingerprint density at radius 1 is 1.33 bits per heavy atom. The topological polar surface area (TPSA) is 12.0 Å². The van der Waals surface area contributed by atoms with Crippen molar-refractivity contribution >= 4 is 11.6 Å². The molecule has 1 atom stereocenters. The molecule has 18 heavy (non-hydrogen) atoms. The summed E-state index contributed by atoms with van der Waals surface area (Å²) >= 11 is 6.01. The maximum atomic E-state index is 12.9. The van der Waals surface area contributed by atoms with Crippen molar-refractivity contribution < 1.29 is 4.39 Å². The highest BCUT2D eigenvalue weighted by atomic mass is 35.5. The van der Waals surface area contributed by atoms with Gasteiger partial charge in [0.1, 0.15) is 5.82 Å². The molecule has 0 bridgehead atoms. The zero-order chi connectivity index (χ0) is 13.8. The van der Waals surface area contributed by atoms with Gasteiger partial charge in [0, 0.05) is 11.1 Å². The Hall–Kier alpha value is -0.600. The summed E-state index contributed by atoms with van der Waals surface area (Å²) in [5.41, 5.74) is 1.28. The Labute approximate surface area is 115 Å². The van der Waals surface area contributed by atoms with Crippen LogP contribution in [0.4, 0.5) is 4.39 Å². The Kier molecular flexibility index (Phi) is 5.61. The molecule has 1 aromatic carbocycles. The average molecular weight is 272 g/mol. The number of aryl methyl sites for hydroxylation is 1. The van der Waals surface area contributed by atoms with E-state index < -0.39 is 0 Å². The van der Waals surface area contributed by atoms with Gasteiger partial charge in [-0.15, -0.1) is 0 Å². The minimum atomic E-state index is -0.272. The first-order valence-corrected chi connectivity index (χ1v) is 6.83. The molecule has 0 aliphatic carbocycles. The fraction of sp³-hybridized carbons (Fsp3) is 0.600. The molecule has 0 radical (unpaired) electrons. The number of hydrogen-bond acceptors (Lipinski definition) is 1. The standard InChI is InChI=1S/C15H23ClFN/c1-15(2,3)14(18-4)7-5-6-11-8-9-12(17)10-13(11)16/h8-10,14,18H,5-7H2,1-4H3. The second-order valence-corrected chi connectivity index (χ2v) is 6.24. The van der Waals surface area contributed by atoms with Crippen molar-refractivity contribution in [2.75, 3.05) is 7.05 Å². The minimum absolute atomic E-state index is 0.251. The fourth-order valence-electron chi connectivity index (χ4n) is 2.23. The first-order chi connectivity index (χ1) is 8.34. The van der Waals surface area contributed by atoms with Crippen LogP contribution in [0.2, 0.25) is 5.02 Å². The van der Waals surface area contributed by atoms with Crippen molar-refractivity contribution in [3.63, 3.8) is 0 Å². The molecule has 3 heteroatoms. The van der Waals surface area contributed by atoms with Gasteiger partial charge in [-0.3, -0.25) is 0 Å². The monoisotopic (exact) mass is 271 g/mol. The third kappa shape index (κ3) is 4.58. The number of nitrogens with one attached hydrogen (secondary N) is 1. The molecule has 0 fully saturated rings. The van der Waals surface area contributed by atoms with E-state index in [2.05, 4.69) is 26.1 Å². The molecule has 1 aromatic rings. The van der Waals surface area contributed by atoms with Crippen molar-refractivity contribution in [3.8, 4) is 0 Å². The zero-order valence-electron chi connectivity index (χ0n) is 11.7. The normalized spacial score (nSPS) is 13.7. The molecule has 0 saturated carbocycles. The highest BCUT2D eigenvalue weighted by Gasteiger charge is 2.22. The van der Waals surface area contributed by atoms with Crippen LogP contribution in [0.15, 0.2) is 18.2 Å². The van der Waals surface area contributed by atoms with Crippen molar-refractivity contribution in [2.24, 2.45) is 5.41 Å². The molecular weight excluding hydrogens is 249 g/mol. The number of halogens is 2. The zero-order valence-corrected chi connectivity index (χ0v) is 12.4. The lowest BCUT2D eigenvalue weighted by Gasteiger charge is -2.30. The molecule has 0 saturated heterocycles. The highest BCUT2D eigenvalue weighted by molar-refractivity contribution is 6.31. The van der Waals surface area contributed by atoms with Gasteiger partial charge in [0.15, 0.2) is 0 Å². The molecule has 1 rings (SSSR count). The second kappa shape index (κ2) is 6.53. The van der Waals surface area contributed by atoms with Gasteiger partial charge in [0.2, 0.25) is 0 Å². The molecule has 1 unspecified atom stereocenters. The maximum Gasteiger partial charge on any atom is 0.124 e. The Morgan fingerprint density at radius 3 is 2.50 bits per heavy atom. The van der Waals surface area contributed by atoms with Gasteiger partial charge in [0.05, 0.1) is 0 Å². The lowest BCUT2D eigenvalue weighted by Crippen LogP contribution is -2.37. The molecule has 0 aliphatic rings. The van der Waals surface area contributed by atoms with E-state index in [0.717, 1.165) is 24.8 Å². The van der Waals surface area contributed by atoms with Crippen molar-refractivity contribution in [1.82, 2.24) is 5.32 Å². The van der Waals surface area contributed by atoms with Crippen molar-refractivity contribution in [2.45, 2.75) is 46.1 Å². The summed E-state index contributed by atoms with van der Waals surface area (Å²) in [5.74, 6) is -0.272. The van der Waals surface area contributed by atoms with E-state index in [1.54, 1.807) is 6.07 Å². The quantitative estimate of drug-likeness (QED) is 0.835. The summed E-state index contributed by atoms with van der Waals surface area (Å²) < 4.78 is 12.9. The van der Waals surface area contributed by atoms with E-state index in [1.165, 1.54) is 12.1 Å². The Balaban J connectivity index is 2.51. The third-order valence-corrected chi connectivity index (χ3v) is 3.70. The summed E-state index contributed by atoms with van der Waals surface area (Å²) in [6.07, 6.45) is 3.04. The van der Waals surface area contributed by atoms with Crippen LogP contribution in [0.25, 0.3) is 0 Å². The minimum Gasteiger partial charge on any atom is -0.316 e. The van der Waals surface area contributed by atoms with Crippen LogP contribution < -0.4 is 5.32 Å². The fourth-order valence-corrected chi connectivity index (χ4v) is 2.49. The second-order valence-electron chi connectivity index (χ2n) is 5.84. The molecule has 102 valence electrons. The van der Waals surface area contributed by atoms with Crippen LogP contribution >= 0.6 is 11.6 Å². The van der Waals surface area contributed by atoms with E-state index in [9.17, 15) is 4.39 Å². The van der Waals surface area contributed by atoms with E-state index in [1.807, 2.05) is 7.05 Å². The van der Waals surface area contributed by atoms with Crippen LogP contribution in [0.1, 0.15) is 39.2 Å². The van der Waals surface area contributed by atoms with E-state index in [0.29, 0.717) is 11.1 Å². The molecule has 0 amide bonds. The van der Waals surface area contributed by atoms with Crippen molar-refractivity contribution in [1.29, 1.82) is 0 Å².